The second-order valence-electron chi connectivity index (χ2n) is 3.92. The summed E-state index contributed by atoms with van der Waals surface area (Å²) in [5.74, 6) is 0.358. The smallest absolute Gasteiger partial charge is 0.0572 e. The number of rotatable bonds is 1. The molecule has 0 heterocycles. The fraction of sp³-hybridized carbons (Fsp3) is 1.00. The van der Waals surface area contributed by atoms with Crippen LogP contribution in [0.4, 0.5) is 0 Å². The third kappa shape index (κ3) is 1.32. The van der Waals surface area contributed by atoms with Gasteiger partial charge in [0, 0.05) is 6.61 Å². The van der Waals surface area contributed by atoms with E-state index in [4.69, 9.17) is 5.11 Å². The van der Waals surface area contributed by atoms with Gasteiger partial charge in [-0.2, -0.15) is 0 Å². The highest BCUT2D eigenvalue weighted by Gasteiger charge is 2.38. The lowest BCUT2D eigenvalue weighted by atomic mass is 9.89. The minimum Gasteiger partial charge on any atom is -0.396 e. The van der Waals surface area contributed by atoms with Gasteiger partial charge in [0.1, 0.15) is 0 Å². The molecule has 0 aromatic heterocycles. The molecule has 1 aliphatic rings. The molecule has 1 aliphatic carbocycles. The van der Waals surface area contributed by atoms with Crippen molar-refractivity contribution in [2.45, 2.75) is 32.8 Å². The number of aliphatic hydroxyl groups is 2. The van der Waals surface area contributed by atoms with Crippen LogP contribution in [0.2, 0.25) is 0 Å². The van der Waals surface area contributed by atoms with Gasteiger partial charge in [0.2, 0.25) is 0 Å². The maximum absolute atomic E-state index is 9.35. The van der Waals surface area contributed by atoms with Gasteiger partial charge in [-0.1, -0.05) is 13.8 Å². The van der Waals surface area contributed by atoms with E-state index in [1.807, 2.05) is 13.8 Å². The summed E-state index contributed by atoms with van der Waals surface area (Å²) in [5.41, 5.74) is -0.0150. The Kier molecular flexibility index (Phi) is 2.02. The van der Waals surface area contributed by atoms with Gasteiger partial charge in [-0.15, -0.1) is 0 Å². The molecule has 3 atom stereocenters. The van der Waals surface area contributed by atoms with Crippen LogP contribution < -0.4 is 0 Å². The van der Waals surface area contributed by atoms with Crippen LogP contribution >= 0.6 is 0 Å². The first-order valence-corrected chi connectivity index (χ1v) is 3.86. The predicted octanol–water partition coefficient (Wildman–Crippen LogP) is 0.776. The van der Waals surface area contributed by atoms with Crippen molar-refractivity contribution in [1.82, 2.24) is 0 Å². The zero-order chi connectivity index (χ0) is 7.78. The summed E-state index contributed by atoms with van der Waals surface area (Å²) in [7, 11) is 0. The van der Waals surface area contributed by atoms with Gasteiger partial charge in [0.25, 0.3) is 0 Å². The maximum atomic E-state index is 9.35. The SMILES string of the molecule is C[C@@H]1C[C@@](C)(CO)C[C@@H]1O. The van der Waals surface area contributed by atoms with Gasteiger partial charge < -0.3 is 10.2 Å². The molecule has 0 radical (unpaired) electrons. The molecule has 0 bridgehead atoms. The molecular formula is C8H16O2. The van der Waals surface area contributed by atoms with E-state index < -0.39 is 0 Å². The van der Waals surface area contributed by atoms with Gasteiger partial charge in [-0.05, 0) is 24.2 Å². The summed E-state index contributed by atoms with van der Waals surface area (Å²) in [6, 6.07) is 0. The topological polar surface area (TPSA) is 40.5 Å². The lowest BCUT2D eigenvalue weighted by molar-refractivity contribution is 0.111. The van der Waals surface area contributed by atoms with E-state index >= 15 is 0 Å². The van der Waals surface area contributed by atoms with Crippen LogP contribution in [0.3, 0.4) is 0 Å². The largest absolute Gasteiger partial charge is 0.396 e. The monoisotopic (exact) mass is 144 g/mol. The molecule has 0 unspecified atom stereocenters. The van der Waals surface area contributed by atoms with Crippen molar-refractivity contribution in [3.05, 3.63) is 0 Å². The second kappa shape index (κ2) is 2.51. The van der Waals surface area contributed by atoms with E-state index in [-0.39, 0.29) is 18.1 Å². The first kappa shape index (κ1) is 8.02. The lowest BCUT2D eigenvalue weighted by Crippen LogP contribution is -2.17. The third-order valence-electron chi connectivity index (χ3n) is 2.56. The quantitative estimate of drug-likeness (QED) is 0.571. The molecule has 2 heteroatoms. The molecule has 0 aromatic rings. The van der Waals surface area contributed by atoms with Crippen molar-refractivity contribution in [3.63, 3.8) is 0 Å². The minimum atomic E-state index is -0.197. The van der Waals surface area contributed by atoms with Crippen LogP contribution in [-0.4, -0.2) is 22.9 Å². The summed E-state index contributed by atoms with van der Waals surface area (Å²) in [6.07, 6.45) is 1.51. The zero-order valence-electron chi connectivity index (χ0n) is 6.67. The van der Waals surface area contributed by atoms with Crippen LogP contribution in [0, 0.1) is 11.3 Å². The minimum absolute atomic E-state index is 0.0150. The zero-order valence-corrected chi connectivity index (χ0v) is 6.67. The van der Waals surface area contributed by atoms with Crippen molar-refractivity contribution in [2.75, 3.05) is 6.61 Å². The first-order chi connectivity index (χ1) is 4.57. The average molecular weight is 144 g/mol. The summed E-state index contributed by atoms with van der Waals surface area (Å²) in [6.45, 7) is 4.26. The number of hydrogen-bond donors (Lipinski definition) is 2. The van der Waals surface area contributed by atoms with E-state index in [1.165, 1.54) is 0 Å². The second-order valence-corrected chi connectivity index (χ2v) is 3.92. The summed E-state index contributed by atoms with van der Waals surface area (Å²) in [5, 5.41) is 18.3. The molecule has 0 saturated heterocycles. The summed E-state index contributed by atoms with van der Waals surface area (Å²) < 4.78 is 0. The van der Waals surface area contributed by atoms with Crippen molar-refractivity contribution in [3.8, 4) is 0 Å². The molecule has 10 heavy (non-hydrogen) atoms. The molecule has 0 aromatic carbocycles. The van der Waals surface area contributed by atoms with Crippen LogP contribution in [0.5, 0.6) is 0 Å². The fourth-order valence-electron chi connectivity index (χ4n) is 1.83. The Balaban J connectivity index is 2.55. The predicted molar refractivity (Wildman–Crippen MR) is 39.6 cm³/mol. The van der Waals surface area contributed by atoms with E-state index in [2.05, 4.69) is 0 Å². The van der Waals surface area contributed by atoms with Crippen LogP contribution in [0.25, 0.3) is 0 Å². The van der Waals surface area contributed by atoms with Gasteiger partial charge in [-0.3, -0.25) is 0 Å². The van der Waals surface area contributed by atoms with E-state index in [9.17, 15) is 5.11 Å². The van der Waals surface area contributed by atoms with Crippen molar-refractivity contribution >= 4 is 0 Å². The molecule has 2 nitrogen and oxygen atoms in total. The normalized spacial score (nSPS) is 48.0. The molecule has 2 N–H and O–H groups in total. The summed E-state index contributed by atoms with van der Waals surface area (Å²) >= 11 is 0. The maximum Gasteiger partial charge on any atom is 0.0572 e. The molecule has 0 spiro atoms. The highest BCUT2D eigenvalue weighted by molar-refractivity contribution is 4.88. The van der Waals surface area contributed by atoms with Gasteiger partial charge in [0.05, 0.1) is 6.10 Å². The Morgan fingerprint density at radius 1 is 1.50 bits per heavy atom. The van der Waals surface area contributed by atoms with E-state index in [0.29, 0.717) is 5.92 Å². The lowest BCUT2D eigenvalue weighted by Gasteiger charge is -2.19. The third-order valence-corrected chi connectivity index (χ3v) is 2.56. The number of aliphatic hydroxyl groups excluding tert-OH is 2. The van der Waals surface area contributed by atoms with Crippen molar-refractivity contribution in [1.29, 1.82) is 0 Å². The highest BCUT2D eigenvalue weighted by atomic mass is 16.3. The molecule has 0 aliphatic heterocycles. The Labute approximate surface area is 61.9 Å². The standard InChI is InChI=1S/C8H16O2/c1-6-3-8(2,5-9)4-7(6)10/h6-7,9-10H,3-5H2,1-2H3/t6-,7+,8-/m1/s1. The van der Waals surface area contributed by atoms with Crippen molar-refractivity contribution < 1.29 is 10.2 Å². The number of hydrogen-bond acceptors (Lipinski definition) is 2. The molecular weight excluding hydrogens is 128 g/mol. The highest BCUT2D eigenvalue weighted by Crippen LogP contribution is 2.40. The molecule has 60 valence electrons. The van der Waals surface area contributed by atoms with Gasteiger partial charge in [0.15, 0.2) is 0 Å². The Morgan fingerprint density at radius 2 is 2.10 bits per heavy atom. The van der Waals surface area contributed by atoms with E-state index in [1.54, 1.807) is 0 Å². The average Bonchev–Trinajstić information content (AvgIpc) is 2.10. The van der Waals surface area contributed by atoms with E-state index in [0.717, 1.165) is 12.8 Å². The van der Waals surface area contributed by atoms with Gasteiger partial charge in [-0.25, -0.2) is 0 Å². The van der Waals surface area contributed by atoms with Crippen LogP contribution in [-0.2, 0) is 0 Å². The fourth-order valence-corrected chi connectivity index (χ4v) is 1.83. The molecule has 1 saturated carbocycles. The first-order valence-electron chi connectivity index (χ1n) is 3.86. The summed E-state index contributed by atoms with van der Waals surface area (Å²) in [4.78, 5) is 0. The van der Waals surface area contributed by atoms with Crippen LogP contribution in [0.1, 0.15) is 26.7 Å². The van der Waals surface area contributed by atoms with Crippen LogP contribution in [0.15, 0.2) is 0 Å². The Hall–Kier alpha value is -0.0800. The van der Waals surface area contributed by atoms with Crippen molar-refractivity contribution in [2.24, 2.45) is 11.3 Å². The molecule has 1 rings (SSSR count). The Bertz CT molecular complexity index is 112. The molecule has 1 fully saturated rings. The Morgan fingerprint density at radius 3 is 2.30 bits per heavy atom. The molecule has 0 amide bonds. The van der Waals surface area contributed by atoms with Gasteiger partial charge >= 0.3 is 0 Å².